The van der Waals surface area contributed by atoms with E-state index in [9.17, 15) is 4.79 Å². The molecule has 0 saturated carbocycles. The van der Waals surface area contributed by atoms with Crippen LogP contribution in [-0.2, 0) is 11.8 Å². The van der Waals surface area contributed by atoms with Gasteiger partial charge in [-0.3, -0.25) is 9.78 Å². The van der Waals surface area contributed by atoms with Crippen LogP contribution >= 0.6 is 0 Å². The molecular formula is C15H17B2N3O. The fraction of sp³-hybridized carbons (Fsp3) is 0.467. The van der Waals surface area contributed by atoms with Crippen LogP contribution in [0.4, 0.5) is 0 Å². The minimum Gasteiger partial charge on any atom is -0.320 e. The maximum Gasteiger partial charge on any atom is 0.251 e. The molecule has 3 heterocycles. The largest absolute Gasteiger partial charge is 0.320 e. The van der Waals surface area contributed by atoms with Gasteiger partial charge in [0.2, 0.25) is 0 Å². The van der Waals surface area contributed by atoms with Crippen molar-refractivity contribution in [2.75, 3.05) is 6.54 Å². The molecule has 1 aliphatic heterocycles. The Balaban J connectivity index is 2.07. The van der Waals surface area contributed by atoms with E-state index in [0.717, 1.165) is 24.0 Å². The molecule has 1 atom stereocenters. The van der Waals surface area contributed by atoms with Crippen molar-refractivity contribution in [3.63, 3.8) is 0 Å². The molecule has 0 aromatic carbocycles. The monoisotopic (exact) mass is 277 g/mol. The minimum absolute atomic E-state index is 0.0825. The van der Waals surface area contributed by atoms with Crippen LogP contribution in [0.1, 0.15) is 31.4 Å². The topological polar surface area (TPSA) is 49.0 Å². The maximum atomic E-state index is 11.9. The molecule has 3 rings (SSSR count). The van der Waals surface area contributed by atoms with E-state index in [4.69, 9.17) is 15.7 Å². The van der Waals surface area contributed by atoms with Gasteiger partial charge in [0, 0.05) is 17.8 Å². The van der Waals surface area contributed by atoms with E-state index in [1.54, 1.807) is 6.20 Å². The fourth-order valence-corrected chi connectivity index (χ4v) is 2.84. The number of aryl methyl sites for hydroxylation is 1. The van der Waals surface area contributed by atoms with Crippen LogP contribution < -0.4 is 5.56 Å². The third-order valence-corrected chi connectivity index (χ3v) is 4.41. The van der Waals surface area contributed by atoms with Crippen LogP contribution in [0.25, 0.3) is 11.0 Å². The highest BCUT2D eigenvalue weighted by Gasteiger charge is 2.36. The van der Waals surface area contributed by atoms with E-state index in [-0.39, 0.29) is 5.56 Å². The van der Waals surface area contributed by atoms with Gasteiger partial charge in [0.25, 0.3) is 5.56 Å². The molecule has 4 nitrogen and oxygen atoms in total. The van der Waals surface area contributed by atoms with E-state index in [2.05, 4.69) is 16.9 Å². The summed E-state index contributed by atoms with van der Waals surface area (Å²) in [6.07, 6.45) is 3.47. The van der Waals surface area contributed by atoms with Gasteiger partial charge >= 0.3 is 0 Å². The Morgan fingerprint density at radius 3 is 2.81 bits per heavy atom. The van der Waals surface area contributed by atoms with Crippen molar-refractivity contribution >= 4 is 26.7 Å². The molecule has 0 spiro atoms. The lowest BCUT2D eigenvalue weighted by atomic mass is 9.55. The number of aromatic nitrogens is 2. The minimum atomic E-state index is -1.06. The van der Waals surface area contributed by atoms with E-state index >= 15 is 0 Å². The molecule has 21 heavy (non-hydrogen) atoms. The molecule has 0 amide bonds. The first-order valence-electron chi connectivity index (χ1n) is 7.30. The second-order valence-corrected chi connectivity index (χ2v) is 5.79. The summed E-state index contributed by atoms with van der Waals surface area (Å²) in [5.74, 6) is 0. The molecule has 4 radical (unpaired) electrons. The molecule has 0 bridgehead atoms. The van der Waals surface area contributed by atoms with Gasteiger partial charge in [0.1, 0.15) is 0 Å². The van der Waals surface area contributed by atoms with Crippen LogP contribution in [0.5, 0.6) is 0 Å². The molecular weight excluding hydrogens is 260 g/mol. The smallest absolute Gasteiger partial charge is 0.251 e. The second-order valence-electron chi connectivity index (χ2n) is 5.79. The highest BCUT2D eigenvalue weighted by molar-refractivity contribution is 6.39. The number of H-pyrrole nitrogens is 1. The number of hydrogen-bond donors (Lipinski definition) is 1. The lowest BCUT2D eigenvalue weighted by Crippen LogP contribution is -2.59. The Kier molecular flexibility index (Phi) is 3.44. The Hall–Kier alpha value is -1.55. The summed E-state index contributed by atoms with van der Waals surface area (Å²) in [7, 11) is 12.6. The van der Waals surface area contributed by atoms with E-state index in [0.29, 0.717) is 23.5 Å². The predicted octanol–water partition coefficient (Wildman–Crippen LogP) is 1.03. The van der Waals surface area contributed by atoms with Crippen molar-refractivity contribution in [1.82, 2.24) is 14.9 Å². The average molecular weight is 277 g/mol. The van der Waals surface area contributed by atoms with Crippen LogP contribution in [0.15, 0.2) is 23.1 Å². The lowest BCUT2D eigenvalue weighted by Gasteiger charge is -2.51. The summed E-state index contributed by atoms with van der Waals surface area (Å²) in [5, 5.41) is -1.06. The number of rotatable bonds is 3. The summed E-state index contributed by atoms with van der Waals surface area (Å²) in [4.78, 5) is 21.2. The van der Waals surface area contributed by atoms with Crippen molar-refractivity contribution in [1.29, 1.82) is 0 Å². The number of fused-ring (bicyclic) bond motifs is 1. The Labute approximate surface area is 126 Å². The van der Waals surface area contributed by atoms with Crippen LogP contribution in [0.3, 0.4) is 0 Å². The second kappa shape index (κ2) is 5.02. The molecule has 1 aliphatic rings. The predicted molar refractivity (Wildman–Crippen MR) is 85.7 cm³/mol. The molecule has 2 aromatic rings. The van der Waals surface area contributed by atoms with Crippen molar-refractivity contribution in [3.8, 4) is 0 Å². The normalized spacial score (nSPS) is 19.6. The lowest BCUT2D eigenvalue weighted by molar-refractivity contribution is 0.0669. The fourth-order valence-electron chi connectivity index (χ4n) is 2.84. The number of pyridine rings is 2. The Bertz CT molecular complexity index is 741. The molecule has 1 saturated heterocycles. The third-order valence-electron chi connectivity index (χ3n) is 4.41. The summed E-state index contributed by atoms with van der Waals surface area (Å²) < 4.78 is 0. The van der Waals surface area contributed by atoms with Crippen molar-refractivity contribution < 1.29 is 0 Å². The molecule has 0 aliphatic carbocycles. The zero-order valence-corrected chi connectivity index (χ0v) is 12.4. The Morgan fingerprint density at radius 2 is 2.24 bits per heavy atom. The van der Waals surface area contributed by atoms with Gasteiger partial charge in [-0.2, -0.15) is 0 Å². The third kappa shape index (κ3) is 2.31. The van der Waals surface area contributed by atoms with Gasteiger partial charge in [0.05, 0.1) is 26.7 Å². The molecule has 6 heteroatoms. The number of hydrogen-bond acceptors (Lipinski definition) is 3. The van der Waals surface area contributed by atoms with Gasteiger partial charge in [-0.1, -0.05) is 6.92 Å². The van der Waals surface area contributed by atoms with Crippen LogP contribution in [-0.4, -0.2) is 43.1 Å². The summed E-state index contributed by atoms with van der Waals surface area (Å²) in [6.45, 7) is 4.92. The van der Waals surface area contributed by atoms with Crippen LogP contribution in [0.2, 0.25) is 0 Å². The highest BCUT2D eigenvalue weighted by atomic mass is 16.1. The highest BCUT2D eigenvalue weighted by Crippen LogP contribution is 2.31. The van der Waals surface area contributed by atoms with Crippen molar-refractivity contribution in [2.45, 2.75) is 38.1 Å². The first-order chi connectivity index (χ1) is 9.93. The number of nitrogens with zero attached hydrogens (tertiary/aromatic N) is 2. The molecule has 1 N–H and O–H groups in total. The molecule has 104 valence electrons. The summed E-state index contributed by atoms with van der Waals surface area (Å²) >= 11 is 0. The maximum absolute atomic E-state index is 11.9. The first kappa shape index (κ1) is 14.4. The standard InChI is InChI=1S/C15H17B2N3O/c1-3-10-6-12-13(19-14(10)21)7-11(8-18-12)15(16,17)20-5-4-9(20)2/h6-9H,3-5H2,1-2H3,(H,19,21)/t9-/m1/s1. The average Bonchev–Trinajstić information content (AvgIpc) is 2.43. The van der Waals surface area contributed by atoms with E-state index in [1.165, 1.54) is 0 Å². The van der Waals surface area contributed by atoms with E-state index in [1.807, 2.05) is 24.0 Å². The summed E-state index contributed by atoms with van der Waals surface area (Å²) in [6, 6.07) is 4.00. The first-order valence-corrected chi connectivity index (χ1v) is 7.30. The van der Waals surface area contributed by atoms with Crippen LogP contribution in [0, 0.1) is 0 Å². The van der Waals surface area contributed by atoms with Gasteiger partial charge in [-0.15, -0.1) is 0 Å². The molecule has 0 unspecified atom stereocenters. The van der Waals surface area contributed by atoms with E-state index < -0.39 is 5.34 Å². The number of nitrogens with one attached hydrogen (secondary N) is 1. The zero-order chi connectivity index (χ0) is 15.2. The van der Waals surface area contributed by atoms with Crippen molar-refractivity contribution in [2.24, 2.45) is 0 Å². The van der Waals surface area contributed by atoms with Gasteiger partial charge < -0.3 is 9.88 Å². The molecule has 1 fully saturated rings. The van der Waals surface area contributed by atoms with Gasteiger partial charge in [-0.05, 0) is 49.3 Å². The SMILES string of the molecule is [B]C([B])(c1cnc2cc(CC)c(=O)[nH]c2c1)N1CC[C@H]1C. The Morgan fingerprint density at radius 1 is 1.48 bits per heavy atom. The van der Waals surface area contributed by atoms with Gasteiger partial charge in [0.15, 0.2) is 0 Å². The van der Waals surface area contributed by atoms with Gasteiger partial charge in [-0.25, -0.2) is 0 Å². The molecule has 2 aromatic heterocycles. The van der Waals surface area contributed by atoms with Crippen molar-refractivity contribution in [3.05, 3.63) is 39.8 Å². The quantitative estimate of drug-likeness (QED) is 0.852. The summed E-state index contributed by atoms with van der Waals surface area (Å²) in [5.41, 5.74) is 2.78. The number of likely N-dealkylation sites (tertiary alicyclic amines) is 1. The number of aromatic amines is 1. The zero-order valence-electron chi connectivity index (χ0n) is 12.4.